The van der Waals surface area contributed by atoms with E-state index >= 15 is 0 Å². The van der Waals surface area contributed by atoms with E-state index in [0.717, 1.165) is 13.0 Å². The van der Waals surface area contributed by atoms with Crippen LogP contribution in [0.4, 0.5) is 0 Å². The fraction of sp³-hybridized carbons (Fsp3) is 0.571. The van der Waals surface area contributed by atoms with Crippen LogP contribution in [0.3, 0.4) is 0 Å². The van der Waals surface area contributed by atoms with E-state index in [4.69, 9.17) is 0 Å². The highest BCUT2D eigenvalue weighted by molar-refractivity contribution is 9.10. The Morgan fingerprint density at radius 3 is 2.31 bits per heavy atom. The van der Waals surface area contributed by atoms with Gasteiger partial charge >= 0.3 is 0 Å². The maximum atomic E-state index is 3.64. The van der Waals surface area contributed by atoms with Crippen LogP contribution in [0.1, 0.15) is 32.3 Å². The molecule has 90 valence electrons. The monoisotopic (exact) mass is 283 g/mol. The Morgan fingerprint density at radius 1 is 1.19 bits per heavy atom. The molecule has 1 nitrogen and oxygen atoms in total. The summed E-state index contributed by atoms with van der Waals surface area (Å²) in [5.74, 6) is 0. The quantitative estimate of drug-likeness (QED) is 0.832. The van der Waals surface area contributed by atoms with E-state index in [1.807, 2.05) is 7.05 Å². The van der Waals surface area contributed by atoms with E-state index in [0.29, 0.717) is 5.41 Å². The van der Waals surface area contributed by atoms with Crippen LogP contribution < -0.4 is 5.32 Å². The van der Waals surface area contributed by atoms with Gasteiger partial charge in [0.05, 0.1) is 0 Å². The summed E-state index contributed by atoms with van der Waals surface area (Å²) in [7, 11) is 2.04. The standard InChI is InChI=1S/C14H22BrN/c1-4-14(5-2,11-16-3)10-12-8-6-7-9-13(12)15/h6-9,16H,4-5,10-11H2,1-3H3. The maximum Gasteiger partial charge on any atom is 0.0207 e. The van der Waals surface area contributed by atoms with Crippen molar-refractivity contribution in [1.29, 1.82) is 0 Å². The third-order valence-electron chi connectivity index (χ3n) is 3.58. The van der Waals surface area contributed by atoms with Crippen LogP contribution in [0.5, 0.6) is 0 Å². The van der Waals surface area contributed by atoms with Gasteiger partial charge in [0.25, 0.3) is 0 Å². The first-order chi connectivity index (χ1) is 7.67. The van der Waals surface area contributed by atoms with Crippen molar-refractivity contribution in [2.24, 2.45) is 5.41 Å². The lowest BCUT2D eigenvalue weighted by Gasteiger charge is -2.32. The molecule has 2 heteroatoms. The minimum atomic E-state index is 0.388. The molecule has 0 aliphatic heterocycles. The van der Waals surface area contributed by atoms with Crippen molar-refractivity contribution in [2.75, 3.05) is 13.6 Å². The molecule has 0 heterocycles. The number of rotatable bonds is 6. The summed E-state index contributed by atoms with van der Waals surface area (Å²) in [6.45, 7) is 5.66. The number of benzene rings is 1. The lowest BCUT2D eigenvalue weighted by Crippen LogP contribution is -2.33. The second kappa shape index (κ2) is 6.41. The highest BCUT2D eigenvalue weighted by atomic mass is 79.9. The summed E-state index contributed by atoms with van der Waals surface area (Å²) < 4.78 is 1.23. The van der Waals surface area contributed by atoms with Crippen molar-refractivity contribution in [2.45, 2.75) is 33.1 Å². The first-order valence-electron chi connectivity index (χ1n) is 6.05. The molecule has 1 N–H and O–H groups in total. The van der Waals surface area contributed by atoms with E-state index in [-0.39, 0.29) is 0 Å². The molecule has 1 aromatic rings. The molecule has 1 aromatic carbocycles. The Balaban J connectivity index is 2.87. The summed E-state index contributed by atoms with van der Waals surface area (Å²) in [6.07, 6.45) is 3.57. The van der Waals surface area contributed by atoms with E-state index in [1.54, 1.807) is 0 Å². The van der Waals surface area contributed by atoms with Gasteiger partial charge in [0, 0.05) is 11.0 Å². The van der Waals surface area contributed by atoms with Crippen LogP contribution in [0.15, 0.2) is 28.7 Å². The van der Waals surface area contributed by atoms with Gasteiger partial charge in [0.1, 0.15) is 0 Å². The second-order valence-corrected chi connectivity index (χ2v) is 5.36. The number of hydrogen-bond donors (Lipinski definition) is 1. The molecule has 0 amide bonds. The van der Waals surface area contributed by atoms with Crippen LogP contribution in [-0.4, -0.2) is 13.6 Å². The zero-order chi connectivity index (χ0) is 12.0. The molecule has 16 heavy (non-hydrogen) atoms. The van der Waals surface area contributed by atoms with Crippen LogP contribution in [0, 0.1) is 5.41 Å². The van der Waals surface area contributed by atoms with E-state index in [2.05, 4.69) is 59.4 Å². The van der Waals surface area contributed by atoms with Gasteiger partial charge in [-0.25, -0.2) is 0 Å². The third kappa shape index (κ3) is 3.33. The molecule has 0 atom stereocenters. The van der Waals surface area contributed by atoms with Crippen LogP contribution >= 0.6 is 15.9 Å². The molecule has 0 aliphatic rings. The first kappa shape index (κ1) is 13.7. The average Bonchev–Trinajstić information content (AvgIpc) is 2.31. The van der Waals surface area contributed by atoms with Crippen LogP contribution in [-0.2, 0) is 6.42 Å². The van der Waals surface area contributed by atoms with Gasteiger partial charge in [-0.3, -0.25) is 0 Å². The second-order valence-electron chi connectivity index (χ2n) is 4.51. The van der Waals surface area contributed by atoms with Crippen LogP contribution in [0.2, 0.25) is 0 Å². The zero-order valence-corrected chi connectivity index (χ0v) is 12.1. The van der Waals surface area contributed by atoms with E-state index in [1.165, 1.54) is 22.9 Å². The smallest absolute Gasteiger partial charge is 0.0207 e. The summed E-state index contributed by atoms with van der Waals surface area (Å²) >= 11 is 3.64. The Kier molecular flexibility index (Phi) is 5.50. The third-order valence-corrected chi connectivity index (χ3v) is 4.35. The minimum absolute atomic E-state index is 0.388. The SMILES string of the molecule is CCC(CC)(CNC)Cc1ccccc1Br. The van der Waals surface area contributed by atoms with Crippen molar-refractivity contribution in [1.82, 2.24) is 5.32 Å². The molecular formula is C14H22BrN. The number of hydrogen-bond acceptors (Lipinski definition) is 1. The van der Waals surface area contributed by atoms with Gasteiger partial charge in [0.15, 0.2) is 0 Å². The molecule has 0 aliphatic carbocycles. The van der Waals surface area contributed by atoms with Crippen molar-refractivity contribution in [3.05, 3.63) is 34.3 Å². The first-order valence-corrected chi connectivity index (χ1v) is 6.84. The molecule has 0 saturated heterocycles. The Hall–Kier alpha value is -0.340. The summed E-state index contributed by atoms with van der Waals surface area (Å²) in [5.41, 5.74) is 1.81. The normalized spacial score (nSPS) is 11.8. The molecule has 0 fully saturated rings. The molecule has 1 rings (SSSR count). The predicted molar refractivity (Wildman–Crippen MR) is 74.8 cm³/mol. The molecular weight excluding hydrogens is 262 g/mol. The predicted octanol–water partition coefficient (Wildman–Crippen LogP) is 4.02. The Labute approximate surface area is 108 Å². The fourth-order valence-corrected chi connectivity index (χ4v) is 2.66. The average molecular weight is 284 g/mol. The topological polar surface area (TPSA) is 12.0 Å². The van der Waals surface area contributed by atoms with Crippen molar-refractivity contribution >= 4 is 15.9 Å². The molecule has 0 spiro atoms. The van der Waals surface area contributed by atoms with Gasteiger partial charge in [-0.1, -0.05) is 48.0 Å². The van der Waals surface area contributed by atoms with Gasteiger partial charge in [0.2, 0.25) is 0 Å². The van der Waals surface area contributed by atoms with Crippen LogP contribution in [0.25, 0.3) is 0 Å². The summed E-state index contributed by atoms with van der Waals surface area (Å²) in [5, 5.41) is 3.33. The number of halogens is 1. The molecule has 0 aromatic heterocycles. The Morgan fingerprint density at radius 2 is 1.81 bits per heavy atom. The summed E-state index contributed by atoms with van der Waals surface area (Å²) in [4.78, 5) is 0. The molecule has 0 bridgehead atoms. The van der Waals surface area contributed by atoms with Gasteiger partial charge in [-0.05, 0) is 43.4 Å². The van der Waals surface area contributed by atoms with Gasteiger partial charge in [-0.15, -0.1) is 0 Å². The lowest BCUT2D eigenvalue weighted by molar-refractivity contribution is 0.253. The Bertz CT molecular complexity index is 318. The fourth-order valence-electron chi connectivity index (χ4n) is 2.23. The highest BCUT2D eigenvalue weighted by Crippen LogP contribution is 2.32. The lowest BCUT2D eigenvalue weighted by atomic mass is 9.77. The largest absolute Gasteiger partial charge is 0.319 e. The summed E-state index contributed by atoms with van der Waals surface area (Å²) in [6, 6.07) is 8.55. The van der Waals surface area contributed by atoms with Gasteiger partial charge in [-0.2, -0.15) is 0 Å². The zero-order valence-electron chi connectivity index (χ0n) is 10.5. The number of nitrogens with one attached hydrogen (secondary N) is 1. The van der Waals surface area contributed by atoms with Crippen molar-refractivity contribution in [3.8, 4) is 0 Å². The molecule has 0 saturated carbocycles. The van der Waals surface area contributed by atoms with Crippen molar-refractivity contribution < 1.29 is 0 Å². The van der Waals surface area contributed by atoms with Crippen molar-refractivity contribution in [3.63, 3.8) is 0 Å². The molecule has 0 radical (unpaired) electrons. The van der Waals surface area contributed by atoms with Gasteiger partial charge < -0.3 is 5.32 Å². The molecule has 0 unspecified atom stereocenters. The highest BCUT2D eigenvalue weighted by Gasteiger charge is 2.26. The van der Waals surface area contributed by atoms with E-state index < -0.39 is 0 Å². The minimum Gasteiger partial charge on any atom is -0.319 e. The van der Waals surface area contributed by atoms with E-state index in [9.17, 15) is 0 Å². The maximum absolute atomic E-state index is 3.64.